The van der Waals surface area contributed by atoms with Crippen LogP contribution < -0.4 is 5.32 Å². The van der Waals surface area contributed by atoms with Crippen LogP contribution in [0.15, 0.2) is 28.7 Å². The molecule has 1 aliphatic rings. The molecule has 2 aromatic rings. The largest absolute Gasteiger partial charge is 0.441 e. The highest BCUT2D eigenvalue weighted by Crippen LogP contribution is 2.18. The molecule has 124 valence electrons. The van der Waals surface area contributed by atoms with Crippen LogP contribution in [0.25, 0.3) is 11.1 Å². The molecule has 1 aromatic heterocycles. The van der Waals surface area contributed by atoms with Crippen molar-refractivity contribution in [3.05, 3.63) is 30.2 Å². The van der Waals surface area contributed by atoms with Crippen molar-refractivity contribution in [3.63, 3.8) is 0 Å². The third-order valence-electron chi connectivity index (χ3n) is 4.05. The summed E-state index contributed by atoms with van der Waals surface area (Å²) < 4.78 is 28.3. The maximum absolute atomic E-state index is 11.8. The summed E-state index contributed by atoms with van der Waals surface area (Å²) in [6.07, 6.45) is 2.30. The fraction of sp³-hybridized carbons (Fsp3) is 0.500. The molecule has 7 heteroatoms. The Morgan fingerprint density at radius 3 is 2.91 bits per heavy atom. The first-order chi connectivity index (χ1) is 11.0. The lowest BCUT2D eigenvalue weighted by Gasteiger charge is -2.09. The topological polar surface area (TPSA) is 89.3 Å². The number of carbonyl (C=O) groups excluding carboxylic acids is 1. The van der Waals surface area contributed by atoms with E-state index in [1.54, 1.807) is 0 Å². The van der Waals surface area contributed by atoms with E-state index in [0.29, 0.717) is 38.1 Å². The minimum atomic E-state index is -2.88. The van der Waals surface area contributed by atoms with Gasteiger partial charge in [0, 0.05) is 19.4 Å². The standard InChI is InChI=1S/C16H20N2O4S/c19-15(17-10-12-8-9-23(20,21)11-12)6-3-7-16-18-13-4-1-2-5-14(13)22-16/h1-2,4-5,12H,3,6-11H2,(H,17,19)/t12-/m0/s1. The summed E-state index contributed by atoms with van der Waals surface area (Å²) in [5.41, 5.74) is 1.59. The third kappa shape index (κ3) is 4.31. The summed E-state index contributed by atoms with van der Waals surface area (Å²) in [4.78, 5) is 16.2. The maximum atomic E-state index is 11.8. The average Bonchev–Trinajstić information content (AvgIpc) is 3.07. The molecule has 1 N–H and O–H groups in total. The molecule has 0 spiro atoms. The SMILES string of the molecule is O=C(CCCc1nc2ccccc2o1)NC[C@@H]1CCS(=O)(=O)C1. The van der Waals surface area contributed by atoms with Crippen LogP contribution in [0.1, 0.15) is 25.2 Å². The van der Waals surface area contributed by atoms with E-state index >= 15 is 0 Å². The van der Waals surface area contributed by atoms with E-state index in [0.717, 1.165) is 11.1 Å². The molecule has 1 fully saturated rings. The number of nitrogens with zero attached hydrogens (tertiary/aromatic N) is 1. The van der Waals surface area contributed by atoms with Gasteiger partial charge >= 0.3 is 0 Å². The quantitative estimate of drug-likeness (QED) is 0.867. The Morgan fingerprint density at radius 2 is 2.17 bits per heavy atom. The van der Waals surface area contributed by atoms with E-state index in [-0.39, 0.29) is 23.3 Å². The van der Waals surface area contributed by atoms with Gasteiger partial charge in [0.15, 0.2) is 21.3 Å². The summed E-state index contributed by atoms with van der Waals surface area (Å²) in [5, 5.41) is 2.82. The number of benzene rings is 1. The Bertz CT molecular complexity index is 764. The van der Waals surface area contributed by atoms with Crippen LogP contribution in [0, 0.1) is 5.92 Å². The van der Waals surface area contributed by atoms with Gasteiger partial charge in [0.05, 0.1) is 11.5 Å². The normalized spacial score (nSPS) is 19.9. The number of aryl methyl sites for hydroxylation is 1. The minimum absolute atomic E-state index is 0.0505. The molecule has 3 rings (SSSR count). The zero-order chi connectivity index (χ0) is 16.3. The van der Waals surface area contributed by atoms with Gasteiger partial charge in [-0.1, -0.05) is 12.1 Å². The highest BCUT2D eigenvalue weighted by molar-refractivity contribution is 7.91. The van der Waals surface area contributed by atoms with Gasteiger partial charge in [-0.05, 0) is 30.9 Å². The molecule has 23 heavy (non-hydrogen) atoms. The summed E-state index contributed by atoms with van der Waals surface area (Å²) in [5.74, 6) is 1.08. The lowest BCUT2D eigenvalue weighted by molar-refractivity contribution is -0.121. The van der Waals surface area contributed by atoms with Crippen LogP contribution in [0.3, 0.4) is 0 Å². The molecule has 1 aromatic carbocycles. The second-order valence-electron chi connectivity index (χ2n) is 6.00. The van der Waals surface area contributed by atoms with E-state index in [4.69, 9.17) is 4.42 Å². The number of fused-ring (bicyclic) bond motifs is 1. The summed E-state index contributed by atoms with van der Waals surface area (Å²) in [7, 11) is -2.88. The van der Waals surface area contributed by atoms with Gasteiger partial charge in [0.25, 0.3) is 0 Å². The molecule has 1 aliphatic heterocycles. The van der Waals surface area contributed by atoms with Crippen LogP contribution in [-0.4, -0.2) is 37.4 Å². The molecule has 0 unspecified atom stereocenters. The van der Waals surface area contributed by atoms with Crippen molar-refractivity contribution in [2.24, 2.45) is 5.92 Å². The first-order valence-corrected chi connectivity index (χ1v) is 9.65. The minimum Gasteiger partial charge on any atom is -0.441 e. The molecule has 0 saturated carbocycles. The predicted molar refractivity (Wildman–Crippen MR) is 86.7 cm³/mol. The smallest absolute Gasteiger partial charge is 0.220 e. The van der Waals surface area contributed by atoms with Gasteiger partial charge in [0.1, 0.15) is 5.52 Å². The first kappa shape index (κ1) is 16.0. The van der Waals surface area contributed by atoms with E-state index in [1.165, 1.54) is 0 Å². The number of hydrogen-bond donors (Lipinski definition) is 1. The van der Waals surface area contributed by atoms with E-state index in [9.17, 15) is 13.2 Å². The van der Waals surface area contributed by atoms with Crippen LogP contribution >= 0.6 is 0 Å². The van der Waals surface area contributed by atoms with Crippen LogP contribution in [-0.2, 0) is 21.1 Å². The van der Waals surface area contributed by atoms with Crippen molar-refractivity contribution in [1.29, 1.82) is 0 Å². The number of amides is 1. The predicted octanol–water partition coefficient (Wildman–Crippen LogP) is 1.70. The van der Waals surface area contributed by atoms with Crippen LogP contribution in [0.5, 0.6) is 0 Å². The molecule has 0 bridgehead atoms. The van der Waals surface area contributed by atoms with E-state index in [2.05, 4.69) is 10.3 Å². The number of rotatable bonds is 6. The summed E-state index contributed by atoms with van der Waals surface area (Å²) in [6, 6.07) is 7.57. The van der Waals surface area contributed by atoms with Crippen LogP contribution in [0.2, 0.25) is 0 Å². The second kappa shape index (κ2) is 6.70. The van der Waals surface area contributed by atoms with Crippen molar-refractivity contribution in [3.8, 4) is 0 Å². The van der Waals surface area contributed by atoms with Gasteiger partial charge in [0.2, 0.25) is 5.91 Å². The zero-order valence-electron chi connectivity index (χ0n) is 12.8. The Balaban J connectivity index is 1.39. The third-order valence-corrected chi connectivity index (χ3v) is 5.88. The number of sulfone groups is 1. The van der Waals surface area contributed by atoms with Crippen molar-refractivity contribution in [2.45, 2.75) is 25.7 Å². The maximum Gasteiger partial charge on any atom is 0.220 e. The molecule has 2 heterocycles. The summed E-state index contributed by atoms with van der Waals surface area (Å²) in [6.45, 7) is 0.445. The van der Waals surface area contributed by atoms with Crippen molar-refractivity contribution < 1.29 is 17.6 Å². The van der Waals surface area contributed by atoms with Crippen molar-refractivity contribution >= 4 is 26.8 Å². The fourth-order valence-corrected chi connectivity index (χ4v) is 4.67. The highest BCUT2D eigenvalue weighted by atomic mass is 32.2. The van der Waals surface area contributed by atoms with Gasteiger partial charge in [-0.25, -0.2) is 13.4 Å². The van der Waals surface area contributed by atoms with Gasteiger partial charge < -0.3 is 9.73 Å². The number of hydrogen-bond acceptors (Lipinski definition) is 5. The fourth-order valence-electron chi connectivity index (χ4n) is 2.81. The Labute approximate surface area is 135 Å². The molecule has 0 aliphatic carbocycles. The Hall–Kier alpha value is -1.89. The Kier molecular flexibility index (Phi) is 4.66. The van der Waals surface area contributed by atoms with Crippen molar-refractivity contribution in [2.75, 3.05) is 18.1 Å². The van der Waals surface area contributed by atoms with Gasteiger partial charge in [-0.15, -0.1) is 0 Å². The number of oxazole rings is 1. The molecular formula is C16H20N2O4S. The number of aromatic nitrogens is 1. The van der Waals surface area contributed by atoms with E-state index < -0.39 is 9.84 Å². The number of carbonyl (C=O) groups is 1. The molecule has 1 saturated heterocycles. The number of para-hydroxylation sites is 2. The lowest BCUT2D eigenvalue weighted by Crippen LogP contribution is -2.29. The van der Waals surface area contributed by atoms with Gasteiger partial charge in [-0.3, -0.25) is 4.79 Å². The molecular weight excluding hydrogens is 316 g/mol. The van der Waals surface area contributed by atoms with Crippen LogP contribution in [0.4, 0.5) is 0 Å². The molecule has 1 atom stereocenters. The first-order valence-electron chi connectivity index (χ1n) is 7.83. The Morgan fingerprint density at radius 1 is 1.35 bits per heavy atom. The van der Waals surface area contributed by atoms with Crippen molar-refractivity contribution in [1.82, 2.24) is 10.3 Å². The lowest BCUT2D eigenvalue weighted by atomic mass is 10.1. The number of nitrogens with one attached hydrogen (secondary N) is 1. The average molecular weight is 336 g/mol. The monoisotopic (exact) mass is 336 g/mol. The van der Waals surface area contributed by atoms with Gasteiger partial charge in [-0.2, -0.15) is 0 Å². The zero-order valence-corrected chi connectivity index (χ0v) is 13.6. The van der Waals surface area contributed by atoms with E-state index in [1.807, 2.05) is 24.3 Å². The molecule has 1 amide bonds. The molecule has 0 radical (unpaired) electrons. The molecule has 6 nitrogen and oxygen atoms in total. The second-order valence-corrected chi connectivity index (χ2v) is 8.23. The summed E-state index contributed by atoms with van der Waals surface area (Å²) >= 11 is 0. The highest BCUT2D eigenvalue weighted by Gasteiger charge is 2.27.